The molecule has 3 aliphatic rings. The van der Waals surface area contributed by atoms with Crippen LogP contribution in [0.1, 0.15) is 72.8 Å². The number of hydrogen-bond acceptors (Lipinski definition) is 6. The van der Waals surface area contributed by atoms with Crippen LogP contribution in [0, 0.1) is 13.8 Å². The Bertz CT molecular complexity index is 1030. The van der Waals surface area contributed by atoms with Crippen molar-refractivity contribution in [1.29, 1.82) is 0 Å². The maximum absolute atomic E-state index is 12.4. The number of aromatic nitrogens is 2. The smallest absolute Gasteiger partial charge is 0.271 e. The van der Waals surface area contributed by atoms with Gasteiger partial charge in [-0.3, -0.25) is 14.6 Å². The lowest BCUT2D eigenvalue weighted by molar-refractivity contribution is 0.0589. The molecular weight excluding hydrogens is 448 g/mol. The summed E-state index contributed by atoms with van der Waals surface area (Å²) in [6.07, 6.45) is 8.69. The van der Waals surface area contributed by atoms with Gasteiger partial charge in [0.05, 0.1) is 11.9 Å². The number of aryl methyl sites for hydroxylation is 2. The number of hydrogen-bond donors (Lipinski definition) is 1. The number of piperidine rings is 1. The van der Waals surface area contributed by atoms with E-state index in [1.54, 1.807) is 6.20 Å². The Labute approximate surface area is 216 Å². The largest absolute Gasteiger partial charge is 0.352 e. The molecule has 1 aromatic heterocycles. The van der Waals surface area contributed by atoms with Crippen LogP contribution in [0.2, 0.25) is 0 Å². The number of benzene rings is 1. The van der Waals surface area contributed by atoms with Crippen LogP contribution in [0.4, 0.5) is 5.82 Å². The molecule has 0 spiro atoms. The van der Waals surface area contributed by atoms with Crippen LogP contribution in [0.15, 0.2) is 30.5 Å². The normalized spacial score (nSPS) is 22.1. The molecule has 3 heterocycles. The van der Waals surface area contributed by atoms with E-state index in [9.17, 15) is 4.79 Å². The summed E-state index contributed by atoms with van der Waals surface area (Å²) in [7, 11) is 0. The Morgan fingerprint density at radius 1 is 1.03 bits per heavy atom. The number of nitrogens with one attached hydrogen (secondary N) is 1. The molecule has 0 radical (unpaired) electrons. The van der Waals surface area contributed by atoms with Crippen LogP contribution in [0.3, 0.4) is 0 Å². The highest BCUT2D eigenvalue weighted by atomic mass is 16.2. The first-order valence-corrected chi connectivity index (χ1v) is 13.9. The lowest BCUT2D eigenvalue weighted by Gasteiger charge is -2.48. The van der Waals surface area contributed by atoms with Gasteiger partial charge in [0, 0.05) is 44.3 Å². The summed E-state index contributed by atoms with van der Waals surface area (Å²) in [4.78, 5) is 29.5. The molecule has 194 valence electrons. The monoisotopic (exact) mass is 490 g/mol. The van der Waals surface area contributed by atoms with Crippen molar-refractivity contribution >= 4 is 11.7 Å². The van der Waals surface area contributed by atoms with Crippen molar-refractivity contribution < 1.29 is 4.79 Å². The van der Waals surface area contributed by atoms with Gasteiger partial charge in [-0.2, -0.15) is 0 Å². The van der Waals surface area contributed by atoms with E-state index >= 15 is 0 Å². The summed E-state index contributed by atoms with van der Waals surface area (Å²) in [6.45, 7) is 12.9. The Morgan fingerprint density at radius 2 is 1.78 bits per heavy atom. The molecule has 36 heavy (non-hydrogen) atoms. The number of amides is 1. The molecule has 1 amide bonds. The van der Waals surface area contributed by atoms with E-state index in [0.717, 1.165) is 50.5 Å². The second kappa shape index (κ2) is 11.3. The summed E-state index contributed by atoms with van der Waals surface area (Å²) in [5, 5.41) is 3.02. The number of piperazine rings is 1. The minimum atomic E-state index is -0.0953. The Kier molecular flexibility index (Phi) is 7.87. The van der Waals surface area contributed by atoms with Crippen molar-refractivity contribution in [2.75, 3.05) is 37.6 Å². The first kappa shape index (κ1) is 25.2. The van der Waals surface area contributed by atoms with Gasteiger partial charge in [0.25, 0.3) is 5.91 Å². The van der Waals surface area contributed by atoms with Gasteiger partial charge < -0.3 is 10.2 Å². The fourth-order valence-electron chi connectivity index (χ4n) is 5.88. The average molecular weight is 491 g/mol. The molecular formula is C29H42N6O. The molecule has 0 unspecified atom stereocenters. The molecule has 5 rings (SSSR count). The summed E-state index contributed by atoms with van der Waals surface area (Å²) in [6, 6.07) is 10.5. The Hall–Kier alpha value is -2.51. The second-order valence-electron chi connectivity index (χ2n) is 11.0. The quantitative estimate of drug-likeness (QED) is 0.605. The molecule has 7 heteroatoms. The Balaban J connectivity index is 1.18. The lowest BCUT2D eigenvalue weighted by atomic mass is 9.97. The van der Waals surface area contributed by atoms with Gasteiger partial charge >= 0.3 is 0 Å². The first-order chi connectivity index (χ1) is 17.5. The van der Waals surface area contributed by atoms with Gasteiger partial charge in [-0.05, 0) is 64.6 Å². The highest BCUT2D eigenvalue weighted by Gasteiger charge is 2.34. The molecule has 1 atom stereocenters. The summed E-state index contributed by atoms with van der Waals surface area (Å²) in [5.41, 5.74) is 4.04. The Morgan fingerprint density at radius 3 is 2.44 bits per heavy atom. The second-order valence-corrected chi connectivity index (χ2v) is 11.0. The molecule has 1 N–H and O–H groups in total. The van der Waals surface area contributed by atoms with Crippen molar-refractivity contribution in [3.63, 3.8) is 0 Å². The molecule has 3 fully saturated rings. The molecule has 1 aromatic carbocycles. The van der Waals surface area contributed by atoms with Gasteiger partial charge in [0.2, 0.25) is 0 Å². The van der Waals surface area contributed by atoms with Crippen molar-refractivity contribution in [3.05, 3.63) is 53.0 Å². The zero-order valence-electron chi connectivity index (χ0n) is 22.2. The summed E-state index contributed by atoms with van der Waals surface area (Å²) in [5.74, 6) is 0.841. The van der Waals surface area contributed by atoms with Crippen LogP contribution in [0.25, 0.3) is 0 Å². The maximum Gasteiger partial charge on any atom is 0.271 e. The molecule has 0 bridgehead atoms. The third-order valence-corrected chi connectivity index (χ3v) is 8.07. The van der Waals surface area contributed by atoms with Crippen molar-refractivity contribution in [1.82, 2.24) is 25.1 Å². The number of nitrogens with zero attached hydrogens (tertiary/aromatic N) is 5. The van der Waals surface area contributed by atoms with E-state index in [4.69, 9.17) is 4.98 Å². The predicted molar refractivity (Wildman–Crippen MR) is 144 cm³/mol. The molecule has 2 aromatic rings. The van der Waals surface area contributed by atoms with E-state index in [1.165, 1.54) is 49.9 Å². The number of anilines is 1. The fourth-order valence-corrected chi connectivity index (χ4v) is 5.88. The lowest BCUT2D eigenvalue weighted by Crippen LogP contribution is -2.58. The van der Waals surface area contributed by atoms with E-state index in [-0.39, 0.29) is 5.91 Å². The fraction of sp³-hybridized carbons (Fsp3) is 0.621. The van der Waals surface area contributed by atoms with Crippen molar-refractivity contribution in [2.45, 2.75) is 84.0 Å². The van der Waals surface area contributed by atoms with E-state index in [1.807, 2.05) is 6.92 Å². The van der Waals surface area contributed by atoms with Gasteiger partial charge in [-0.1, -0.05) is 43.2 Å². The number of likely N-dealkylation sites (tertiary alicyclic amines) is 1. The highest BCUT2D eigenvalue weighted by Crippen LogP contribution is 2.28. The zero-order chi connectivity index (χ0) is 25.1. The van der Waals surface area contributed by atoms with Gasteiger partial charge in [0.15, 0.2) is 0 Å². The summed E-state index contributed by atoms with van der Waals surface area (Å²) < 4.78 is 0. The van der Waals surface area contributed by atoms with Crippen LogP contribution >= 0.6 is 0 Å². The molecule has 7 nitrogen and oxygen atoms in total. The predicted octanol–water partition coefficient (Wildman–Crippen LogP) is 3.94. The molecule has 2 aliphatic heterocycles. The number of carbonyl (C=O) groups is 1. The highest BCUT2D eigenvalue weighted by molar-refractivity contribution is 5.92. The van der Waals surface area contributed by atoms with Gasteiger partial charge in [0.1, 0.15) is 11.5 Å². The van der Waals surface area contributed by atoms with Crippen LogP contribution in [-0.4, -0.2) is 76.5 Å². The number of rotatable bonds is 8. The average Bonchev–Trinajstić information content (AvgIpc) is 3.70. The third kappa shape index (κ3) is 6.06. The van der Waals surface area contributed by atoms with Crippen molar-refractivity contribution in [3.8, 4) is 0 Å². The molecule has 1 aliphatic carbocycles. The summed E-state index contributed by atoms with van der Waals surface area (Å²) >= 11 is 0. The van der Waals surface area contributed by atoms with Gasteiger partial charge in [-0.25, -0.2) is 9.97 Å². The number of carbonyl (C=O) groups excluding carboxylic acids is 1. The van der Waals surface area contributed by atoms with Crippen LogP contribution in [-0.2, 0) is 6.54 Å². The SMILES string of the molecule is CCC[C@H]1CN(c2ncc(C(=O)NC3CC3)nc2C)CCN1C1CCN(Cc2ccc(C)cc2)CC1. The van der Waals surface area contributed by atoms with E-state index in [0.29, 0.717) is 23.8 Å². The minimum Gasteiger partial charge on any atom is -0.352 e. The first-order valence-electron chi connectivity index (χ1n) is 13.9. The van der Waals surface area contributed by atoms with Crippen LogP contribution in [0.5, 0.6) is 0 Å². The van der Waals surface area contributed by atoms with Crippen LogP contribution < -0.4 is 10.2 Å². The zero-order valence-corrected chi connectivity index (χ0v) is 22.2. The van der Waals surface area contributed by atoms with E-state index < -0.39 is 0 Å². The molecule has 2 saturated heterocycles. The third-order valence-electron chi connectivity index (χ3n) is 8.07. The molecule has 1 saturated carbocycles. The maximum atomic E-state index is 12.4. The van der Waals surface area contributed by atoms with E-state index in [2.05, 4.69) is 63.1 Å². The van der Waals surface area contributed by atoms with Gasteiger partial charge in [-0.15, -0.1) is 0 Å². The van der Waals surface area contributed by atoms with Crippen molar-refractivity contribution in [2.24, 2.45) is 0 Å². The topological polar surface area (TPSA) is 64.6 Å². The standard InChI is InChI=1S/C29H42N6O/c1-4-5-26-20-34(28-22(3)31-27(18-30-28)29(36)32-24-10-11-24)16-17-35(26)25-12-14-33(15-13-25)19-23-8-6-21(2)7-9-23/h6-9,18,24-26H,4-5,10-17,19-20H2,1-3H3,(H,32,36)/t26-/m0/s1. The minimum absolute atomic E-state index is 0.0953.